The monoisotopic (exact) mass is 147 g/mol. The maximum absolute atomic E-state index is 4.89. The van der Waals surface area contributed by atoms with Gasteiger partial charge in [-0.05, 0) is 13.0 Å². The summed E-state index contributed by atoms with van der Waals surface area (Å²) in [5.41, 5.74) is 0.910. The molecule has 0 saturated heterocycles. The molecule has 0 radical (unpaired) electrons. The molecule has 0 N–H and O–H groups in total. The summed E-state index contributed by atoms with van der Waals surface area (Å²) in [7, 11) is 1.59. The molecule has 11 heavy (non-hydrogen) atoms. The summed E-state index contributed by atoms with van der Waals surface area (Å²) in [5.74, 6) is 6.30. The van der Waals surface area contributed by atoms with Crippen LogP contribution in [0.2, 0.25) is 0 Å². The normalized spacial score (nSPS) is 8.18. The first-order valence-corrected chi connectivity index (χ1v) is 3.29. The molecule has 1 aromatic heterocycles. The molecule has 1 heterocycles. The number of aromatic nitrogens is 1. The Kier molecular flexibility index (Phi) is 2.51. The van der Waals surface area contributed by atoms with E-state index in [1.165, 1.54) is 0 Å². The van der Waals surface area contributed by atoms with Crippen molar-refractivity contribution in [3.8, 4) is 17.7 Å². The van der Waals surface area contributed by atoms with E-state index >= 15 is 0 Å². The van der Waals surface area contributed by atoms with Gasteiger partial charge >= 0.3 is 0 Å². The van der Waals surface area contributed by atoms with E-state index in [1.807, 2.05) is 6.07 Å². The third-order valence-corrected chi connectivity index (χ3v) is 1.21. The van der Waals surface area contributed by atoms with Crippen LogP contribution in [0.4, 0.5) is 0 Å². The van der Waals surface area contributed by atoms with Gasteiger partial charge in [0.1, 0.15) is 0 Å². The van der Waals surface area contributed by atoms with Gasteiger partial charge in [-0.2, -0.15) is 0 Å². The fraction of sp³-hybridized carbons (Fsp3) is 0.222. The van der Waals surface area contributed by atoms with E-state index in [1.54, 1.807) is 26.3 Å². The third kappa shape index (κ3) is 1.98. The van der Waals surface area contributed by atoms with E-state index in [0.29, 0.717) is 5.88 Å². The SMILES string of the molecule is CC#Cc1ccc(OC)nc1. The number of rotatable bonds is 1. The summed E-state index contributed by atoms with van der Waals surface area (Å²) < 4.78 is 4.89. The number of hydrogen-bond acceptors (Lipinski definition) is 2. The van der Waals surface area contributed by atoms with Gasteiger partial charge in [0.15, 0.2) is 0 Å². The minimum atomic E-state index is 0.617. The zero-order valence-electron chi connectivity index (χ0n) is 6.59. The van der Waals surface area contributed by atoms with Crippen molar-refractivity contribution in [1.82, 2.24) is 4.98 Å². The maximum Gasteiger partial charge on any atom is 0.212 e. The highest BCUT2D eigenvalue weighted by Crippen LogP contribution is 2.04. The molecular formula is C9H9NO. The number of methoxy groups -OCH3 is 1. The number of nitrogens with zero attached hydrogens (tertiary/aromatic N) is 1. The molecule has 56 valence electrons. The first-order chi connectivity index (χ1) is 5.36. The summed E-state index contributed by atoms with van der Waals surface area (Å²) >= 11 is 0. The number of hydrogen-bond donors (Lipinski definition) is 0. The second kappa shape index (κ2) is 3.62. The molecule has 0 aliphatic heterocycles. The lowest BCUT2D eigenvalue weighted by atomic mass is 10.3. The molecule has 0 aliphatic rings. The average Bonchev–Trinajstić information content (AvgIpc) is 2.07. The second-order valence-corrected chi connectivity index (χ2v) is 1.96. The van der Waals surface area contributed by atoms with Crippen LogP contribution in [-0.2, 0) is 0 Å². The highest BCUT2D eigenvalue weighted by molar-refractivity contribution is 5.32. The molecule has 0 bridgehead atoms. The van der Waals surface area contributed by atoms with Gasteiger partial charge in [-0.25, -0.2) is 4.98 Å². The van der Waals surface area contributed by atoms with E-state index in [2.05, 4.69) is 16.8 Å². The van der Waals surface area contributed by atoms with Gasteiger partial charge in [0.25, 0.3) is 0 Å². The lowest BCUT2D eigenvalue weighted by Gasteiger charge is -1.95. The Balaban J connectivity index is 2.88. The van der Waals surface area contributed by atoms with Crippen LogP contribution in [0.1, 0.15) is 12.5 Å². The van der Waals surface area contributed by atoms with Crippen molar-refractivity contribution >= 4 is 0 Å². The van der Waals surface area contributed by atoms with Gasteiger partial charge in [-0.1, -0.05) is 5.92 Å². The Morgan fingerprint density at radius 3 is 2.73 bits per heavy atom. The lowest BCUT2D eigenvalue weighted by molar-refractivity contribution is 0.398. The lowest BCUT2D eigenvalue weighted by Crippen LogP contribution is -1.86. The molecule has 0 amide bonds. The summed E-state index contributed by atoms with van der Waals surface area (Å²) in [4.78, 5) is 3.99. The number of ether oxygens (including phenoxy) is 1. The smallest absolute Gasteiger partial charge is 0.212 e. The van der Waals surface area contributed by atoms with Crippen molar-refractivity contribution in [2.75, 3.05) is 7.11 Å². The Labute approximate surface area is 66.2 Å². The van der Waals surface area contributed by atoms with E-state index in [9.17, 15) is 0 Å². The summed E-state index contributed by atoms with van der Waals surface area (Å²) in [6.45, 7) is 1.80. The van der Waals surface area contributed by atoms with Crippen LogP contribution in [0.3, 0.4) is 0 Å². The van der Waals surface area contributed by atoms with Gasteiger partial charge in [-0.3, -0.25) is 0 Å². The van der Waals surface area contributed by atoms with Crippen molar-refractivity contribution in [3.63, 3.8) is 0 Å². The van der Waals surface area contributed by atoms with Crippen molar-refractivity contribution < 1.29 is 4.74 Å². The molecule has 1 aromatic rings. The van der Waals surface area contributed by atoms with E-state index in [0.717, 1.165) is 5.56 Å². The van der Waals surface area contributed by atoms with Crippen molar-refractivity contribution in [1.29, 1.82) is 0 Å². The molecule has 2 heteroatoms. The Bertz CT molecular complexity index is 279. The van der Waals surface area contributed by atoms with Crippen LogP contribution in [0.15, 0.2) is 18.3 Å². The molecule has 0 spiro atoms. The largest absolute Gasteiger partial charge is 0.481 e. The Morgan fingerprint density at radius 1 is 1.45 bits per heavy atom. The van der Waals surface area contributed by atoms with Crippen LogP contribution in [0, 0.1) is 11.8 Å². The van der Waals surface area contributed by atoms with E-state index < -0.39 is 0 Å². The molecule has 0 unspecified atom stereocenters. The standard InChI is InChI=1S/C9H9NO/c1-3-4-8-5-6-9(11-2)10-7-8/h5-7H,1-2H3. The molecule has 1 rings (SSSR count). The Morgan fingerprint density at radius 2 is 2.27 bits per heavy atom. The molecule has 0 aliphatic carbocycles. The fourth-order valence-electron chi connectivity index (χ4n) is 0.719. The Hall–Kier alpha value is -1.49. The van der Waals surface area contributed by atoms with Gasteiger partial charge in [-0.15, -0.1) is 5.92 Å². The van der Waals surface area contributed by atoms with E-state index in [-0.39, 0.29) is 0 Å². The zero-order valence-corrected chi connectivity index (χ0v) is 6.59. The van der Waals surface area contributed by atoms with Gasteiger partial charge in [0.05, 0.1) is 7.11 Å². The molecular weight excluding hydrogens is 138 g/mol. The third-order valence-electron chi connectivity index (χ3n) is 1.21. The van der Waals surface area contributed by atoms with Gasteiger partial charge in [0, 0.05) is 17.8 Å². The van der Waals surface area contributed by atoms with Crippen LogP contribution in [-0.4, -0.2) is 12.1 Å². The quantitative estimate of drug-likeness (QED) is 0.561. The minimum absolute atomic E-state index is 0.617. The average molecular weight is 147 g/mol. The van der Waals surface area contributed by atoms with E-state index in [4.69, 9.17) is 4.74 Å². The predicted molar refractivity (Wildman–Crippen MR) is 43.3 cm³/mol. The van der Waals surface area contributed by atoms with Crippen molar-refractivity contribution in [2.45, 2.75) is 6.92 Å². The van der Waals surface area contributed by atoms with Crippen LogP contribution in [0.5, 0.6) is 5.88 Å². The first-order valence-electron chi connectivity index (χ1n) is 3.29. The van der Waals surface area contributed by atoms with Gasteiger partial charge in [0.2, 0.25) is 5.88 Å². The molecule has 2 nitrogen and oxygen atoms in total. The molecule has 0 fully saturated rings. The van der Waals surface area contributed by atoms with Crippen molar-refractivity contribution in [2.24, 2.45) is 0 Å². The first kappa shape index (κ1) is 7.62. The van der Waals surface area contributed by atoms with Crippen molar-refractivity contribution in [3.05, 3.63) is 23.9 Å². The minimum Gasteiger partial charge on any atom is -0.481 e. The topological polar surface area (TPSA) is 22.1 Å². The number of pyridine rings is 1. The summed E-state index contributed by atoms with van der Waals surface area (Å²) in [6.07, 6.45) is 1.69. The molecule has 0 atom stereocenters. The predicted octanol–water partition coefficient (Wildman–Crippen LogP) is 1.46. The highest BCUT2D eigenvalue weighted by Gasteiger charge is 1.89. The molecule has 0 saturated carbocycles. The maximum atomic E-state index is 4.89. The van der Waals surface area contributed by atoms with Crippen LogP contribution < -0.4 is 4.74 Å². The second-order valence-electron chi connectivity index (χ2n) is 1.96. The highest BCUT2D eigenvalue weighted by atomic mass is 16.5. The zero-order chi connectivity index (χ0) is 8.10. The van der Waals surface area contributed by atoms with Crippen LogP contribution >= 0.6 is 0 Å². The fourth-order valence-corrected chi connectivity index (χ4v) is 0.719. The van der Waals surface area contributed by atoms with Gasteiger partial charge < -0.3 is 4.74 Å². The summed E-state index contributed by atoms with van der Waals surface area (Å²) in [6, 6.07) is 3.67. The van der Waals surface area contributed by atoms with Crippen LogP contribution in [0.25, 0.3) is 0 Å². The summed E-state index contributed by atoms with van der Waals surface area (Å²) in [5, 5.41) is 0. The molecule has 0 aromatic carbocycles.